The Balaban J connectivity index is 1.73. The molecule has 5 heteroatoms. The topological polar surface area (TPSA) is 58.6 Å². The lowest BCUT2D eigenvalue weighted by molar-refractivity contribution is -0.143. The van der Waals surface area contributed by atoms with E-state index in [0.717, 1.165) is 36.8 Å². The highest BCUT2D eigenvalue weighted by molar-refractivity contribution is 5.88. The molecule has 0 aliphatic heterocycles. The van der Waals surface area contributed by atoms with Crippen LogP contribution >= 0.6 is 0 Å². The number of hydrogen-bond donors (Lipinski definition) is 1. The van der Waals surface area contributed by atoms with Crippen molar-refractivity contribution < 1.29 is 14.3 Å². The molecule has 0 spiro atoms. The van der Waals surface area contributed by atoms with Gasteiger partial charge in [0, 0.05) is 12.6 Å². The van der Waals surface area contributed by atoms with Gasteiger partial charge in [0.1, 0.15) is 11.8 Å². The molecular formula is C28H38N2O3. The van der Waals surface area contributed by atoms with Crippen molar-refractivity contribution in [2.45, 2.75) is 84.3 Å². The Kier molecular flexibility index (Phi) is 8.93. The van der Waals surface area contributed by atoms with E-state index in [-0.39, 0.29) is 24.5 Å². The summed E-state index contributed by atoms with van der Waals surface area (Å²) in [6, 6.07) is 15.6. The van der Waals surface area contributed by atoms with Gasteiger partial charge in [0.25, 0.3) is 5.91 Å². The van der Waals surface area contributed by atoms with E-state index in [1.54, 1.807) is 4.90 Å². The van der Waals surface area contributed by atoms with Gasteiger partial charge in [-0.2, -0.15) is 0 Å². The second kappa shape index (κ2) is 11.9. The molecular weight excluding hydrogens is 412 g/mol. The molecule has 0 heterocycles. The number of ether oxygens (including phenoxy) is 1. The predicted octanol–water partition coefficient (Wildman–Crippen LogP) is 5.36. The minimum atomic E-state index is -0.522. The number of aryl methyl sites for hydroxylation is 1. The van der Waals surface area contributed by atoms with Crippen LogP contribution in [0.5, 0.6) is 5.75 Å². The van der Waals surface area contributed by atoms with E-state index in [4.69, 9.17) is 4.74 Å². The third kappa shape index (κ3) is 7.08. The Morgan fingerprint density at radius 1 is 1.03 bits per heavy atom. The van der Waals surface area contributed by atoms with Crippen LogP contribution in [-0.4, -0.2) is 35.4 Å². The monoisotopic (exact) mass is 450 g/mol. The summed E-state index contributed by atoms with van der Waals surface area (Å²) in [7, 11) is 0. The van der Waals surface area contributed by atoms with Crippen LogP contribution in [0.3, 0.4) is 0 Å². The summed E-state index contributed by atoms with van der Waals surface area (Å²) in [6.45, 7) is 8.56. The molecule has 5 nitrogen and oxygen atoms in total. The second-order valence-electron chi connectivity index (χ2n) is 9.43. The summed E-state index contributed by atoms with van der Waals surface area (Å²) < 4.78 is 5.83. The molecule has 1 N–H and O–H groups in total. The van der Waals surface area contributed by atoms with Gasteiger partial charge in [-0.15, -0.1) is 0 Å². The number of nitrogens with one attached hydrogen (secondary N) is 1. The summed E-state index contributed by atoms with van der Waals surface area (Å²) in [5.41, 5.74) is 3.39. The Labute approximate surface area is 198 Å². The van der Waals surface area contributed by atoms with Gasteiger partial charge in [-0.05, 0) is 55.4 Å². The maximum absolute atomic E-state index is 13.3. The molecule has 2 amide bonds. The highest BCUT2D eigenvalue weighted by Crippen LogP contribution is 2.21. The van der Waals surface area contributed by atoms with Crippen molar-refractivity contribution in [3.63, 3.8) is 0 Å². The molecule has 0 bridgehead atoms. The SMILES string of the molecule is CCC(C(=O)NC1CCCC1)N(Cc1ccc(C)cc1)C(=O)COc1ccc(C(C)C)cc1. The molecule has 1 fully saturated rings. The van der Waals surface area contributed by atoms with Crippen molar-refractivity contribution in [2.24, 2.45) is 0 Å². The fourth-order valence-electron chi connectivity index (χ4n) is 4.35. The molecule has 0 radical (unpaired) electrons. The number of rotatable bonds is 10. The van der Waals surface area contributed by atoms with E-state index in [2.05, 4.69) is 19.2 Å². The normalized spacial score (nSPS) is 14.8. The zero-order valence-electron chi connectivity index (χ0n) is 20.5. The van der Waals surface area contributed by atoms with Crippen LogP contribution in [0.2, 0.25) is 0 Å². The zero-order chi connectivity index (χ0) is 23.8. The van der Waals surface area contributed by atoms with Gasteiger partial charge in [0.15, 0.2) is 6.61 Å². The number of hydrogen-bond acceptors (Lipinski definition) is 3. The molecule has 33 heavy (non-hydrogen) atoms. The van der Waals surface area contributed by atoms with Crippen LogP contribution < -0.4 is 10.1 Å². The minimum absolute atomic E-state index is 0.0638. The number of benzene rings is 2. The minimum Gasteiger partial charge on any atom is -0.484 e. The summed E-state index contributed by atoms with van der Waals surface area (Å²) in [5, 5.41) is 3.18. The average molecular weight is 451 g/mol. The number of amides is 2. The van der Waals surface area contributed by atoms with Gasteiger partial charge in [0.05, 0.1) is 0 Å². The molecule has 178 valence electrons. The van der Waals surface area contributed by atoms with Crippen molar-refractivity contribution in [3.05, 3.63) is 65.2 Å². The molecule has 1 aliphatic rings. The van der Waals surface area contributed by atoms with Crippen molar-refractivity contribution in [3.8, 4) is 5.75 Å². The molecule has 1 aliphatic carbocycles. The molecule has 0 saturated heterocycles. The Morgan fingerprint density at radius 2 is 1.67 bits per heavy atom. The van der Waals surface area contributed by atoms with Gasteiger partial charge < -0.3 is 15.0 Å². The average Bonchev–Trinajstić information content (AvgIpc) is 3.32. The van der Waals surface area contributed by atoms with E-state index in [1.807, 2.05) is 62.4 Å². The van der Waals surface area contributed by atoms with Crippen molar-refractivity contribution >= 4 is 11.8 Å². The lowest BCUT2D eigenvalue weighted by Gasteiger charge is -2.31. The van der Waals surface area contributed by atoms with E-state index >= 15 is 0 Å². The number of carbonyl (C=O) groups excluding carboxylic acids is 2. The van der Waals surface area contributed by atoms with Crippen molar-refractivity contribution in [1.29, 1.82) is 0 Å². The first-order chi connectivity index (χ1) is 15.9. The first-order valence-corrected chi connectivity index (χ1v) is 12.3. The quantitative estimate of drug-likeness (QED) is 0.530. The molecule has 3 rings (SSSR count). The number of carbonyl (C=O) groups is 2. The first kappa shape index (κ1) is 24.8. The summed E-state index contributed by atoms with van der Waals surface area (Å²) in [5.74, 6) is 0.851. The second-order valence-corrected chi connectivity index (χ2v) is 9.43. The van der Waals surface area contributed by atoms with Gasteiger partial charge in [-0.25, -0.2) is 0 Å². The summed E-state index contributed by atoms with van der Waals surface area (Å²) >= 11 is 0. The van der Waals surface area contributed by atoms with Crippen molar-refractivity contribution in [2.75, 3.05) is 6.61 Å². The molecule has 1 unspecified atom stereocenters. The van der Waals surface area contributed by atoms with E-state index in [0.29, 0.717) is 24.6 Å². The largest absolute Gasteiger partial charge is 0.484 e. The predicted molar refractivity (Wildman–Crippen MR) is 132 cm³/mol. The van der Waals surface area contributed by atoms with Crippen LogP contribution in [0, 0.1) is 6.92 Å². The highest BCUT2D eigenvalue weighted by Gasteiger charge is 2.30. The molecule has 1 atom stereocenters. The lowest BCUT2D eigenvalue weighted by Crippen LogP contribution is -2.52. The van der Waals surface area contributed by atoms with E-state index < -0.39 is 6.04 Å². The fraction of sp³-hybridized carbons (Fsp3) is 0.500. The first-order valence-electron chi connectivity index (χ1n) is 12.3. The summed E-state index contributed by atoms with van der Waals surface area (Å²) in [4.78, 5) is 28.2. The van der Waals surface area contributed by atoms with E-state index in [1.165, 1.54) is 5.56 Å². The molecule has 0 aromatic heterocycles. The Morgan fingerprint density at radius 3 is 2.24 bits per heavy atom. The summed E-state index contributed by atoms with van der Waals surface area (Å²) in [6.07, 6.45) is 4.89. The van der Waals surface area contributed by atoms with Crippen LogP contribution in [0.1, 0.15) is 75.5 Å². The smallest absolute Gasteiger partial charge is 0.261 e. The van der Waals surface area contributed by atoms with Crippen LogP contribution in [-0.2, 0) is 16.1 Å². The molecule has 2 aromatic rings. The Bertz CT molecular complexity index is 900. The third-order valence-corrected chi connectivity index (χ3v) is 6.47. The van der Waals surface area contributed by atoms with Gasteiger partial charge in [-0.1, -0.05) is 75.6 Å². The maximum atomic E-state index is 13.3. The third-order valence-electron chi connectivity index (χ3n) is 6.47. The van der Waals surface area contributed by atoms with E-state index in [9.17, 15) is 9.59 Å². The van der Waals surface area contributed by atoms with Crippen LogP contribution in [0.15, 0.2) is 48.5 Å². The molecule has 2 aromatic carbocycles. The van der Waals surface area contributed by atoms with Crippen LogP contribution in [0.25, 0.3) is 0 Å². The molecule has 1 saturated carbocycles. The van der Waals surface area contributed by atoms with Gasteiger partial charge in [0.2, 0.25) is 5.91 Å². The van der Waals surface area contributed by atoms with Gasteiger partial charge >= 0.3 is 0 Å². The van der Waals surface area contributed by atoms with Crippen molar-refractivity contribution in [1.82, 2.24) is 10.2 Å². The maximum Gasteiger partial charge on any atom is 0.261 e. The van der Waals surface area contributed by atoms with Crippen LogP contribution in [0.4, 0.5) is 0 Å². The standard InChI is InChI=1S/C28H38N2O3/c1-5-26(28(32)29-24-8-6-7-9-24)30(18-22-12-10-21(4)11-13-22)27(31)19-33-25-16-14-23(15-17-25)20(2)3/h10-17,20,24,26H,5-9,18-19H2,1-4H3,(H,29,32). The zero-order valence-corrected chi connectivity index (χ0v) is 20.5. The number of nitrogens with zero attached hydrogens (tertiary/aromatic N) is 1. The highest BCUT2D eigenvalue weighted by atomic mass is 16.5. The fourth-order valence-corrected chi connectivity index (χ4v) is 4.35. The Hall–Kier alpha value is -2.82. The van der Waals surface area contributed by atoms with Gasteiger partial charge in [-0.3, -0.25) is 9.59 Å². The lowest BCUT2D eigenvalue weighted by atomic mass is 10.0.